The van der Waals surface area contributed by atoms with Crippen LogP contribution in [0.25, 0.3) is 0 Å². The monoisotopic (exact) mass is 281 g/mol. The van der Waals surface area contributed by atoms with Gasteiger partial charge in [0.15, 0.2) is 0 Å². The first-order chi connectivity index (χ1) is 8.99. The first kappa shape index (κ1) is 13.5. The molecule has 6 nitrogen and oxygen atoms in total. The van der Waals surface area contributed by atoms with Crippen molar-refractivity contribution in [3.05, 3.63) is 22.4 Å². The molecule has 2 heterocycles. The molecule has 0 spiro atoms. The molecule has 19 heavy (non-hydrogen) atoms. The van der Waals surface area contributed by atoms with Gasteiger partial charge in [0.25, 0.3) is 5.91 Å². The van der Waals surface area contributed by atoms with E-state index in [1.807, 2.05) is 24.4 Å². The fourth-order valence-electron chi connectivity index (χ4n) is 1.86. The molecule has 102 valence electrons. The quantitative estimate of drug-likeness (QED) is 0.804. The van der Waals surface area contributed by atoms with E-state index in [4.69, 9.17) is 0 Å². The summed E-state index contributed by atoms with van der Waals surface area (Å²) in [5.74, 6) is -0.626. The van der Waals surface area contributed by atoms with E-state index in [-0.39, 0.29) is 18.4 Å². The number of carbonyl (C=O) groups excluding carboxylic acids is 3. The van der Waals surface area contributed by atoms with E-state index in [1.54, 1.807) is 23.3 Å². The average Bonchev–Trinajstić information content (AvgIpc) is 2.98. The Morgan fingerprint density at radius 2 is 2.26 bits per heavy atom. The van der Waals surface area contributed by atoms with Crippen molar-refractivity contribution in [3.63, 3.8) is 0 Å². The van der Waals surface area contributed by atoms with Crippen LogP contribution in [0.4, 0.5) is 4.79 Å². The van der Waals surface area contributed by atoms with Gasteiger partial charge in [-0.15, -0.1) is 11.3 Å². The number of amides is 4. The van der Waals surface area contributed by atoms with Crippen LogP contribution in [0.1, 0.15) is 24.3 Å². The molecule has 2 rings (SSSR count). The maximum atomic E-state index is 12.1. The van der Waals surface area contributed by atoms with Gasteiger partial charge in [0.1, 0.15) is 6.04 Å². The van der Waals surface area contributed by atoms with Crippen molar-refractivity contribution in [3.8, 4) is 0 Å². The Morgan fingerprint density at radius 3 is 2.79 bits per heavy atom. The Labute approximate surface area is 114 Å². The van der Waals surface area contributed by atoms with E-state index in [0.717, 1.165) is 4.88 Å². The van der Waals surface area contributed by atoms with Gasteiger partial charge in [0.05, 0.1) is 12.5 Å². The number of urea groups is 1. The molecule has 1 aliphatic rings. The minimum atomic E-state index is -0.766. The molecule has 1 fully saturated rings. The zero-order valence-corrected chi connectivity index (χ0v) is 11.5. The fraction of sp³-hybridized carbons (Fsp3) is 0.417. The number of hydrogen-bond acceptors (Lipinski definition) is 4. The van der Waals surface area contributed by atoms with E-state index in [2.05, 4.69) is 10.6 Å². The second-order valence-electron chi connectivity index (χ2n) is 4.42. The molecular weight excluding hydrogens is 266 g/mol. The highest BCUT2D eigenvalue weighted by molar-refractivity contribution is 7.10. The Bertz CT molecular complexity index is 500. The van der Waals surface area contributed by atoms with E-state index >= 15 is 0 Å². The highest BCUT2D eigenvalue weighted by Crippen LogP contribution is 2.24. The van der Waals surface area contributed by atoms with E-state index in [1.165, 1.54) is 0 Å². The normalized spacial score (nSPS) is 19.8. The number of nitrogens with one attached hydrogen (secondary N) is 2. The third-order valence-electron chi connectivity index (χ3n) is 3.17. The third kappa shape index (κ3) is 2.93. The van der Waals surface area contributed by atoms with Gasteiger partial charge in [-0.05, 0) is 18.4 Å². The van der Waals surface area contributed by atoms with Crippen LogP contribution in [0.15, 0.2) is 17.5 Å². The summed E-state index contributed by atoms with van der Waals surface area (Å²) < 4.78 is 0. The van der Waals surface area contributed by atoms with Crippen molar-refractivity contribution >= 4 is 29.2 Å². The first-order valence-corrected chi connectivity index (χ1v) is 6.77. The van der Waals surface area contributed by atoms with Crippen LogP contribution >= 0.6 is 11.3 Å². The van der Waals surface area contributed by atoms with Gasteiger partial charge in [0.2, 0.25) is 5.91 Å². The molecule has 2 N–H and O–H groups in total. The summed E-state index contributed by atoms with van der Waals surface area (Å²) in [6, 6.07) is 2.53. The van der Waals surface area contributed by atoms with E-state index in [9.17, 15) is 14.4 Å². The highest BCUT2D eigenvalue weighted by atomic mass is 32.1. The summed E-state index contributed by atoms with van der Waals surface area (Å²) >= 11 is 1.58. The molecule has 4 amide bonds. The molecule has 2 atom stereocenters. The summed E-state index contributed by atoms with van der Waals surface area (Å²) in [6.07, 6.45) is -0.0240. The van der Waals surface area contributed by atoms with Gasteiger partial charge in [-0.25, -0.2) is 4.79 Å². The molecule has 1 aliphatic heterocycles. The summed E-state index contributed by atoms with van der Waals surface area (Å²) in [7, 11) is 1.70. The van der Waals surface area contributed by atoms with Crippen LogP contribution < -0.4 is 10.6 Å². The lowest BCUT2D eigenvalue weighted by Gasteiger charge is -2.24. The molecule has 1 saturated heterocycles. The Kier molecular flexibility index (Phi) is 3.84. The standard InChI is InChI=1S/C12H15N3O3S/c1-7(9-4-3-5-19-9)15(2)10(16)6-8-11(17)14-12(18)13-8/h3-5,7-8H,6H2,1-2H3,(H2,13,14,17,18)/t7-,8-/m1/s1. The smallest absolute Gasteiger partial charge is 0.322 e. The van der Waals surface area contributed by atoms with Crippen molar-refractivity contribution in [1.82, 2.24) is 15.5 Å². The van der Waals surface area contributed by atoms with E-state index < -0.39 is 18.0 Å². The van der Waals surface area contributed by atoms with Gasteiger partial charge < -0.3 is 10.2 Å². The second kappa shape index (κ2) is 5.40. The largest absolute Gasteiger partial charge is 0.338 e. The zero-order valence-electron chi connectivity index (χ0n) is 10.7. The van der Waals surface area contributed by atoms with Gasteiger partial charge in [0, 0.05) is 11.9 Å². The van der Waals surface area contributed by atoms with Crippen molar-refractivity contribution in [2.75, 3.05) is 7.05 Å². The van der Waals surface area contributed by atoms with Crippen molar-refractivity contribution in [2.24, 2.45) is 0 Å². The molecule has 0 radical (unpaired) electrons. The molecular formula is C12H15N3O3S. The van der Waals surface area contributed by atoms with Crippen LogP contribution in [0.2, 0.25) is 0 Å². The fourth-order valence-corrected chi connectivity index (χ4v) is 2.68. The lowest BCUT2D eigenvalue weighted by molar-refractivity contribution is -0.134. The summed E-state index contributed by atoms with van der Waals surface area (Å²) in [4.78, 5) is 37.1. The lowest BCUT2D eigenvalue weighted by Crippen LogP contribution is -2.38. The highest BCUT2D eigenvalue weighted by Gasteiger charge is 2.32. The van der Waals surface area contributed by atoms with Crippen LogP contribution in [-0.2, 0) is 9.59 Å². The third-order valence-corrected chi connectivity index (χ3v) is 4.21. The lowest BCUT2D eigenvalue weighted by atomic mass is 10.1. The van der Waals surface area contributed by atoms with Gasteiger partial charge in [-0.3, -0.25) is 14.9 Å². The van der Waals surface area contributed by atoms with Crippen LogP contribution in [-0.4, -0.2) is 35.8 Å². The average molecular weight is 281 g/mol. The van der Waals surface area contributed by atoms with Crippen molar-refractivity contribution < 1.29 is 14.4 Å². The van der Waals surface area contributed by atoms with E-state index in [0.29, 0.717) is 0 Å². The second-order valence-corrected chi connectivity index (χ2v) is 5.39. The molecule has 0 saturated carbocycles. The minimum absolute atomic E-state index is 0.0240. The predicted molar refractivity (Wildman–Crippen MR) is 70.6 cm³/mol. The number of thiophene rings is 1. The van der Waals surface area contributed by atoms with Crippen molar-refractivity contribution in [1.29, 1.82) is 0 Å². The topological polar surface area (TPSA) is 78.5 Å². The minimum Gasteiger partial charge on any atom is -0.338 e. The predicted octanol–water partition coefficient (Wildman–Crippen LogP) is 0.866. The van der Waals surface area contributed by atoms with Crippen LogP contribution in [0.3, 0.4) is 0 Å². The SMILES string of the molecule is C[C@H](c1cccs1)N(C)C(=O)C[C@H]1NC(=O)NC1=O. The Balaban J connectivity index is 1.96. The maximum Gasteiger partial charge on any atom is 0.322 e. The van der Waals surface area contributed by atoms with Crippen molar-refractivity contribution in [2.45, 2.75) is 25.4 Å². The molecule has 0 bridgehead atoms. The maximum absolute atomic E-state index is 12.1. The van der Waals surface area contributed by atoms with Crippen LogP contribution in [0, 0.1) is 0 Å². The number of imide groups is 1. The number of rotatable bonds is 4. The molecule has 1 aromatic heterocycles. The Hall–Kier alpha value is -1.89. The van der Waals surface area contributed by atoms with Crippen LogP contribution in [0.5, 0.6) is 0 Å². The molecule has 0 unspecified atom stereocenters. The number of hydrogen-bond donors (Lipinski definition) is 2. The zero-order chi connectivity index (χ0) is 14.0. The first-order valence-electron chi connectivity index (χ1n) is 5.89. The summed E-state index contributed by atoms with van der Waals surface area (Å²) in [5.41, 5.74) is 0. The molecule has 0 aromatic carbocycles. The molecule has 1 aromatic rings. The Morgan fingerprint density at radius 1 is 1.53 bits per heavy atom. The summed E-state index contributed by atoms with van der Waals surface area (Å²) in [5, 5.41) is 6.48. The molecule has 0 aliphatic carbocycles. The van der Waals surface area contributed by atoms with Gasteiger partial charge >= 0.3 is 6.03 Å². The number of nitrogens with zero attached hydrogens (tertiary/aromatic N) is 1. The number of carbonyl (C=O) groups is 3. The van der Waals surface area contributed by atoms with Gasteiger partial charge in [-0.1, -0.05) is 6.07 Å². The molecule has 7 heteroatoms. The summed E-state index contributed by atoms with van der Waals surface area (Å²) in [6.45, 7) is 1.93. The van der Waals surface area contributed by atoms with Gasteiger partial charge in [-0.2, -0.15) is 0 Å².